The highest BCUT2D eigenvalue weighted by Crippen LogP contribution is 2.29. The van der Waals surface area contributed by atoms with Gasteiger partial charge in [0.15, 0.2) is 9.84 Å². The zero-order chi connectivity index (χ0) is 11.5. The monoisotopic (exact) mass is 234 g/mol. The largest absolute Gasteiger partial charge is 0.481 e. The van der Waals surface area contributed by atoms with Gasteiger partial charge in [-0.2, -0.15) is 0 Å². The lowest BCUT2D eigenvalue weighted by Crippen LogP contribution is -2.24. The van der Waals surface area contributed by atoms with Crippen molar-refractivity contribution in [1.82, 2.24) is 0 Å². The van der Waals surface area contributed by atoms with Crippen LogP contribution in [0.3, 0.4) is 0 Å². The van der Waals surface area contributed by atoms with Gasteiger partial charge in [-0.05, 0) is 18.8 Å². The summed E-state index contributed by atoms with van der Waals surface area (Å²) < 4.78 is 22.5. The van der Waals surface area contributed by atoms with Crippen molar-refractivity contribution >= 4 is 15.8 Å². The summed E-state index contributed by atoms with van der Waals surface area (Å²) in [7, 11) is -2.96. The van der Waals surface area contributed by atoms with Gasteiger partial charge in [0.1, 0.15) is 0 Å². The maximum atomic E-state index is 11.2. The van der Waals surface area contributed by atoms with Gasteiger partial charge in [-0.15, -0.1) is 0 Å². The lowest BCUT2D eigenvalue weighted by atomic mass is 9.88. The normalized spacial score (nSPS) is 26.3. The number of unbranched alkanes of at least 4 members (excludes halogenated alkanes) is 1. The molecule has 0 amide bonds. The van der Waals surface area contributed by atoms with Crippen LogP contribution in [0.1, 0.15) is 32.6 Å². The Morgan fingerprint density at radius 2 is 2.20 bits per heavy atom. The molecular weight excluding hydrogens is 216 g/mol. The van der Waals surface area contributed by atoms with Crippen LogP contribution >= 0.6 is 0 Å². The number of carbonyl (C=O) groups is 1. The van der Waals surface area contributed by atoms with Crippen LogP contribution in [0.4, 0.5) is 0 Å². The Kier molecular flexibility index (Phi) is 4.13. The standard InChI is InChI=1S/C10H18O4S/c1-2-3-4-9(10(11)12)8-5-6-15(13,14)7-8/h8-9H,2-7H2,1H3,(H,11,12). The van der Waals surface area contributed by atoms with Crippen molar-refractivity contribution < 1.29 is 18.3 Å². The highest BCUT2D eigenvalue weighted by atomic mass is 32.2. The molecule has 15 heavy (non-hydrogen) atoms. The van der Waals surface area contributed by atoms with Crippen LogP contribution in [0.25, 0.3) is 0 Å². The summed E-state index contributed by atoms with van der Waals surface area (Å²) in [5, 5.41) is 9.04. The van der Waals surface area contributed by atoms with Gasteiger partial charge in [0.05, 0.1) is 17.4 Å². The number of carboxylic acid groups (broad SMARTS) is 1. The van der Waals surface area contributed by atoms with E-state index >= 15 is 0 Å². The van der Waals surface area contributed by atoms with Crippen LogP contribution in [0.5, 0.6) is 0 Å². The van der Waals surface area contributed by atoms with E-state index in [4.69, 9.17) is 5.11 Å². The molecule has 0 aromatic carbocycles. The quantitative estimate of drug-likeness (QED) is 0.778. The number of rotatable bonds is 5. The Labute approximate surface area is 90.6 Å². The Morgan fingerprint density at radius 3 is 2.60 bits per heavy atom. The first-order chi connectivity index (χ1) is 6.96. The molecule has 0 bridgehead atoms. The van der Waals surface area contributed by atoms with E-state index in [1.807, 2.05) is 6.92 Å². The van der Waals surface area contributed by atoms with Crippen LogP contribution in [0, 0.1) is 11.8 Å². The van der Waals surface area contributed by atoms with Gasteiger partial charge >= 0.3 is 5.97 Å². The fraction of sp³-hybridized carbons (Fsp3) is 0.900. The summed E-state index contributed by atoms with van der Waals surface area (Å²) >= 11 is 0. The van der Waals surface area contributed by atoms with Gasteiger partial charge in [-0.1, -0.05) is 19.8 Å². The van der Waals surface area contributed by atoms with Crippen molar-refractivity contribution in [2.75, 3.05) is 11.5 Å². The van der Waals surface area contributed by atoms with Crippen LogP contribution in [-0.2, 0) is 14.6 Å². The zero-order valence-electron chi connectivity index (χ0n) is 8.98. The van der Waals surface area contributed by atoms with Gasteiger partial charge < -0.3 is 5.11 Å². The summed E-state index contributed by atoms with van der Waals surface area (Å²) in [4.78, 5) is 11.0. The van der Waals surface area contributed by atoms with E-state index in [0.717, 1.165) is 12.8 Å². The summed E-state index contributed by atoms with van der Waals surface area (Å²) in [6.45, 7) is 2.00. The summed E-state index contributed by atoms with van der Waals surface area (Å²) in [6.07, 6.45) is 2.92. The smallest absolute Gasteiger partial charge is 0.306 e. The predicted octanol–water partition coefficient (Wildman–Crippen LogP) is 1.31. The molecule has 1 N–H and O–H groups in total. The Bertz CT molecular complexity index is 320. The lowest BCUT2D eigenvalue weighted by molar-refractivity contribution is -0.143. The van der Waals surface area contributed by atoms with Gasteiger partial charge in [0.25, 0.3) is 0 Å². The molecule has 1 aliphatic heterocycles. The zero-order valence-corrected chi connectivity index (χ0v) is 9.79. The average Bonchev–Trinajstić information content (AvgIpc) is 2.46. The number of carboxylic acids is 1. The van der Waals surface area contributed by atoms with Crippen LogP contribution in [0.15, 0.2) is 0 Å². The second kappa shape index (κ2) is 4.96. The minimum Gasteiger partial charge on any atom is -0.481 e. The third kappa shape index (κ3) is 3.48. The number of sulfone groups is 1. The highest BCUT2D eigenvalue weighted by molar-refractivity contribution is 7.91. The highest BCUT2D eigenvalue weighted by Gasteiger charge is 2.36. The Balaban J connectivity index is 2.61. The molecule has 4 nitrogen and oxygen atoms in total. The summed E-state index contributed by atoms with van der Waals surface area (Å²) in [5.74, 6) is -1.26. The molecule has 1 aliphatic rings. The molecule has 0 aromatic heterocycles. The molecule has 0 saturated carbocycles. The first kappa shape index (κ1) is 12.5. The van der Waals surface area contributed by atoms with E-state index < -0.39 is 21.7 Å². The van der Waals surface area contributed by atoms with Gasteiger partial charge in [-0.25, -0.2) is 8.42 Å². The second-order valence-electron chi connectivity index (χ2n) is 4.25. The molecule has 1 saturated heterocycles. The maximum Gasteiger partial charge on any atom is 0.306 e. The molecule has 88 valence electrons. The number of hydrogen-bond donors (Lipinski definition) is 1. The number of hydrogen-bond acceptors (Lipinski definition) is 3. The molecule has 5 heteroatoms. The van der Waals surface area contributed by atoms with Gasteiger partial charge in [0.2, 0.25) is 0 Å². The maximum absolute atomic E-state index is 11.2. The fourth-order valence-electron chi connectivity index (χ4n) is 2.13. The minimum absolute atomic E-state index is 0.0632. The molecule has 2 unspecified atom stereocenters. The molecule has 0 spiro atoms. The molecule has 1 heterocycles. The van der Waals surface area contributed by atoms with E-state index in [2.05, 4.69) is 0 Å². The van der Waals surface area contributed by atoms with Crippen molar-refractivity contribution in [2.45, 2.75) is 32.6 Å². The van der Waals surface area contributed by atoms with Crippen LogP contribution in [-0.4, -0.2) is 31.0 Å². The van der Waals surface area contributed by atoms with Gasteiger partial charge in [0, 0.05) is 0 Å². The molecule has 0 aliphatic carbocycles. The van der Waals surface area contributed by atoms with Crippen molar-refractivity contribution in [2.24, 2.45) is 11.8 Å². The van der Waals surface area contributed by atoms with E-state index in [1.54, 1.807) is 0 Å². The third-order valence-corrected chi connectivity index (χ3v) is 4.82. The molecule has 1 rings (SSSR count). The first-order valence-corrected chi connectivity index (χ1v) is 7.21. The second-order valence-corrected chi connectivity index (χ2v) is 6.48. The van der Waals surface area contributed by atoms with Crippen molar-refractivity contribution in [1.29, 1.82) is 0 Å². The van der Waals surface area contributed by atoms with Crippen molar-refractivity contribution in [3.05, 3.63) is 0 Å². The summed E-state index contributed by atoms with van der Waals surface area (Å²) in [6, 6.07) is 0. The number of aliphatic carboxylic acids is 1. The first-order valence-electron chi connectivity index (χ1n) is 5.39. The molecule has 0 aromatic rings. The van der Waals surface area contributed by atoms with E-state index in [0.29, 0.717) is 12.8 Å². The Morgan fingerprint density at radius 1 is 1.53 bits per heavy atom. The van der Waals surface area contributed by atoms with E-state index in [9.17, 15) is 13.2 Å². The average molecular weight is 234 g/mol. The van der Waals surface area contributed by atoms with Gasteiger partial charge in [-0.3, -0.25) is 4.79 Å². The Hall–Kier alpha value is -0.580. The lowest BCUT2D eigenvalue weighted by Gasteiger charge is -2.17. The van der Waals surface area contributed by atoms with E-state index in [1.165, 1.54) is 0 Å². The van der Waals surface area contributed by atoms with Crippen molar-refractivity contribution in [3.8, 4) is 0 Å². The minimum atomic E-state index is -2.96. The van der Waals surface area contributed by atoms with Crippen molar-refractivity contribution in [3.63, 3.8) is 0 Å². The topological polar surface area (TPSA) is 71.4 Å². The SMILES string of the molecule is CCCCC(C(=O)O)C1CCS(=O)(=O)C1. The van der Waals surface area contributed by atoms with Crippen LogP contribution < -0.4 is 0 Å². The predicted molar refractivity (Wildman–Crippen MR) is 57.4 cm³/mol. The molecule has 1 fully saturated rings. The summed E-state index contributed by atoms with van der Waals surface area (Å²) in [5.41, 5.74) is 0. The molecule has 2 atom stereocenters. The molecular formula is C10H18O4S. The fourth-order valence-corrected chi connectivity index (χ4v) is 4.01. The van der Waals surface area contributed by atoms with E-state index in [-0.39, 0.29) is 17.4 Å². The van der Waals surface area contributed by atoms with Crippen LogP contribution in [0.2, 0.25) is 0 Å². The third-order valence-electron chi connectivity index (χ3n) is 3.02. The molecule has 0 radical (unpaired) electrons.